The Labute approximate surface area is 172 Å². The SMILES string of the molecule is NC(=NN=Cc1ccc(-c2cc(Cl)cc(Cl)c2)cc1)SCc1ccccc1. The second-order valence-electron chi connectivity index (χ2n) is 5.74. The number of amidine groups is 1. The summed E-state index contributed by atoms with van der Waals surface area (Å²) in [5, 5.41) is 9.74. The maximum absolute atomic E-state index is 6.06. The molecule has 0 saturated heterocycles. The molecule has 6 heteroatoms. The van der Waals surface area contributed by atoms with Crippen LogP contribution in [0, 0.1) is 0 Å². The van der Waals surface area contributed by atoms with Crippen molar-refractivity contribution in [1.82, 2.24) is 0 Å². The molecule has 3 aromatic rings. The summed E-state index contributed by atoms with van der Waals surface area (Å²) in [7, 11) is 0. The molecule has 0 saturated carbocycles. The van der Waals surface area contributed by atoms with E-state index in [1.165, 1.54) is 17.3 Å². The van der Waals surface area contributed by atoms with Crippen LogP contribution in [0.4, 0.5) is 0 Å². The van der Waals surface area contributed by atoms with Crippen LogP contribution in [0.5, 0.6) is 0 Å². The van der Waals surface area contributed by atoms with Crippen LogP contribution in [-0.2, 0) is 5.75 Å². The molecule has 0 radical (unpaired) electrons. The van der Waals surface area contributed by atoms with Gasteiger partial charge in [-0.1, -0.05) is 89.6 Å². The number of hydrogen-bond acceptors (Lipinski definition) is 3. The van der Waals surface area contributed by atoms with E-state index in [-0.39, 0.29) is 0 Å². The summed E-state index contributed by atoms with van der Waals surface area (Å²) >= 11 is 13.6. The van der Waals surface area contributed by atoms with Gasteiger partial charge in [0, 0.05) is 15.8 Å². The fourth-order valence-corrected chi connectivity index (χ4v) is 3.53. The van der Waals surface area contributed by atoms with Crippen LogP contribution in [0.25, 0.3) is 11.1 Å². The summed E-state index contributed by atoms with van der Waals surface area (Å²) in [6, 6.07) is 23.5. The number of nitrogens with zero attached hydrogens (tertiary/aromatic N) is 2. The lowest BCUT2D eigenvalue weighted by molar-refractivity contribution is 1.25. The Morgan fingerprint density at radius 3 is 2.22 bits per heavy atom. The molecule has 0 aliphatic carbocycles. The van der Waals surface area contributed by atoms with Crippen LogP contribution < -0.4 is 5.73 Å². The van der Waals surface area contributed by atoms with Gasteiger partial charge in [0.05, 0.1) is 6.21 Å². The minimum Gasteiger partial charge on any atom is -0.377 e. The molecule has 0 fully saturated rings. The van der Waals surface area contributed by atoms with E-state index in [0.717, 1.165) is 22.4 Å². The molecule has 0 heterocycles. The summed E-state index contributed by atoms with van der Waals surface area (Å²) in [5.74, 6) is 0.766. The quantitative estimate of drug-likeness (QED) is 0.305. The maximum atomic E-state index is 6.06. The zero-order chi connectivity index (χ0) is 19.1. The molecular formula is C21H17Cl2N3S. The highest BCUT2D eigenvalue weighted by atomic mass is 35.5. The average Bonchev–Trinajstić information content (AvgIpc) is 2.67. The number of thioether (sulfide) groups is 1. The predicted octanol–water partition coefficient (Wildman–Crippen LogP) is 6.24. The van der Waals surface area contributed by atoms with Crippen molar-refractivity contribution in [3.05, 3.63) is 94.0 Å². The van der Waals surface area contributed by atoms with E-state index in [2.05, 4.69) is 22.3 Å². The first-order valence-corrected chi connectivity index (χ1v) is 9.94. The van der Waals surface area contributed by atoms with Crippen LogP contribution in [0.3, 0.4) is 0 Å². The molecule has 3 rings (SSSR count). The number of rotatable bonds is 5. The number of nitrogens with two attached hydrogens (primary N) is 1. The number of benzene rings is 3. The normalized spacial score (nSPS) is 11.9. The van der Waals surface area contributed by atoms with Gasteiger partial charge < -0.3 is 5.73 Å². The Kier molecular flexibility index (Phi) is 6.93. The zero-order valence-electron chi connectivity index (χ0n) is 14.3. The lowest BCUT2D eigenvalue weighted by atomic mass is 10.0. The van der Waals surface area contributed by atoms with E-state index >= 15 is 0 Å². The van der Waals surface area contributed by atoms with E-state index in [4.69, 9.17) is 28.9 Å². The van der Waals surface area contributed by atoms with Gasteiger partial charge in [-0.15, -0.1) is 5.10 Å². The van der Waals surface area contributed by atoms with Crippen molar-refractivity contribution in [3.8, 4) is 11.1 Å². The Balaban J connectivity index is 1.60. The van der Waals surface area contributed by atoms with Gasteiger partial charge in [0.15, 0.2) is 5.17 Å². The molecule has 0 atom stereocenters. The summed E-state index contributed by atoms with van der Waals surface area (Å²) in [6.07, 6.45) is 1.67. The van der Waals surface area contributed by atoms with E-state index in [1.54, 1.807) is 12.3 Å². The molecular weight excluding hydrogens is 397 g/mol. The van der Waals surface area contributed by atoms with Gasteiger partial charge in [0.1, 0.15) is 0 Å². The molecule has 0 aromatic heterocycles. The third kappa shape index (κ3) is 6.14. The Morgan fingerprint density at radius 1 is 0.889 bits per heavy atom. The van der Waals surface area contributed by atoms with Crippen LogP contribution in [0.1, 0.15) is 11.1 Å². The maximum Gasteiger partial charge on any atom is 0.180 e. The second kappa shape index (κ2) is 9.60. The van der Waals surface area contributed by atoms with Gasteiger partial charge in [0.2, 0.25) is 0 Å². The Bertz CT molecular complexity index is 935. The van der Waals surface area contributed by atoms with Crippen LogP contribution in [-0.4, -0.2) is 11.4 Å². The highest BCUT2D eigenvalue weighted by molar-refractivity contribution is 8.13. The molecule has 0 spiro atoms. The largest absolute Gasteiger partial charge is 0.377 e. The molecule has 0 unspecified atom stereocenters. The monoisotopic (exact) mass is 413 g/mol. The molecule has 0 amide bonds. The first-order chi connectivity index (χ1) is 13.1. The van der Waals surface area contributed by atoms with Gasteiger partial charge in [-0.2, -0.15) is 5.10 Å². The number of hydrogen-bond donors (Lipinski definition) is 1. The van der Waals surface area contributed by atoms with Gasteiger partial charge in [-0.3, -0.25) is 0 Å². The Morgan fingerprint density at radius 2 is 1.56 bits per heavy atom. The van der Waals surface area contributed by atoms with Crippen LogP contribution in [0.2, 0.25) is 10.0 Å². The van der Waals surface area contributed by atoms with Gasteiger partial charge in [0.25, 0.3) is 0 Å². The van der Waals surface area contributed by atoms with E-state index < -0.39 is 0 Å². The molecule has 136 valence electrons. The van der Waals surface area contributed by atoms with Crippen LogP contribution in [0.15, 0.2) is 83.0 Å². The van der Waals surface area contributed by atoms with Crippen LogP contribution >= 0.6 is 35.0 Å². The molecule has 0 bridgehead atoms. The lowest BCUT2D eigenvalue weighted by Gasteiger charge is -2.04. The first-order valence-electron chi connectivity index (χ1n) is 8.20. The van der Waals surface area contributed by atoms with Crippen molar-refractivity contribution >= 4 is 46.3 Å². The topological polar surface area (TPSA) is 50.7 Å². The fraction of sp³-hybridized carbons (Fsp3) is 0.0476. The van der Waals surface area contributed by atoms with E-state index in [0.29, 0.717) is 15.2 Å². The summed E-state index contributed by atoms with van der Waals surface area (Å²) in [4.78, 5) is 0. The summed E-state index contributed by atoms with van der Waals surface area (Å²) in [5.41, 5.74) is 10.0. The minimum atomic E-state index is 0.431. The van der Waals surface area contributed by atoms with Crippen molar-refractivity contribution in [2.24, 2.45) is 15.9 Å². The van der Waals surface area contributed by atoms with Crippen molar-refractivity contribution in [2.75, 3.05) is 0 Å². The van der Waals surface area contributed by atoms with E-state index in [9.17, 15) is 0 Å². The third-order valence-corrected chi connectivity index (χ3v) is 4.99. The van der Waals surface area contributed by atoms with Gasteiger partial charge in [-0.05, 0) is 40.5 Å². The smallest absolute Gasteiger partial charge is 0.180 e. The van der Waals surface area contributed by atoms with Gasteiger partial charge in [-0.25, -0.2) is 0 Å². The summed E-state index contributed by atoms with van der Waals surface area (Å²) in [6.45, 7) is 0. The molecule has 2 N–H and O–H groups in total. The third-order valence-electron chi connectivity index (χ3n) is 3.70. The van der Waals surface area contributed by atoms with E-state index in [1.807, 2.05) is 54.6 Å². The standard InChI is InChI=1S/C21H17Cl2N3S/c22-19-10-18(11-20(23)12-19)17-8-6-15(7-9-17)13-25-26-21(24)27-14-16-4-2-1-3-5-16/h1-13H,14H2,(H2,24,26). The molecule has 27 heavy (non-hydrogen) atoms. The fourth-order valence-electron chi connectivity index (χ4n) is 2.39. The van der Waals surface area contributed by atoms with Crippen molar-refractivity contribution in [1.29, 1.82) is 0 Å². The lowest BCUT2D eigenvalue weighted by Crippen LogP contribution is -2.05. The average molecular weight is 414 g/mol. The number of halogens is 2. The molecule has 3 nitrogen and oxygen atoms in total. The van der Waals surface area contributed by atoms with Crippen molar-refractivity contribution in [2.45, 2.75) is 5.75 Å². The molecule has 0 aliphatic rings. The highest BCUT2D eigenvalue weighted by Crippen LogP contribution is 2.27. The Hall–Kier alpha value is -2.27. The molecule has 0 aliphatic heterocycles. The second-order valence-corrected chi connectivity index (χ2v) is 7.61. The zero-order valence-corrected chi connectivity index (χ0v) is 16.7. The van der Waals surface area contributed by atoms with Gasteiger partial charge >= 0.3 is 0 Å². The first kappa shape index (κ1) is 19.5. The molecule has 3 aromatic carbocycles. The van der Waals surface area contributed by atoms with Crippen molar-refractivity contribution in [3.63, 3.8) is 0 Å². The highest BCUT2D eigenvalue weighted by Gasteiger charge is 2.01. The van der Waals surface area contributed by atoms with Crippen molar-refractivity contribution < 1.29 is 0 Å². The predicted molar refractivity (Wildman–Crippen MR) is 119 cm³/mol. The summed E-state index contributed by atoms with van der Waals surface area (Å²) < 4.78 is 0. The minimum absolute atomic E-state index is 0.431.